The van der Waals surface area contributed by atoms with Crippen LogP contribution < -0.4 is 19.5 Å². The third kappa shape index (κ3) is 4.35. The van der Waals surface area contributed by atoms with Crippen molar-refractivity contribution >= 4 is 28.5 Å². The molecule has 7 heteroatoms. The summed E-state index contributed by atoms with van der Waals surface area (Å²) in [5.74, 6) is 1.98. The summed E-state index contributed by atoms with van der Waals surface area (Å²) >= 11 is 2.21. The maximum atomic E-state index is 12.7. The maximum absolute atomic E-state index is 12.7. The molecule has 2 aromatic rings. The molecule has 1 amide bonds. The highest BCUT2D eigenvalue weighted by Crippen LogP contribution is 2.33. The number of methoxy groups -OCH3 is 3. The molecule has 0 saturated heterocycles. The van der Waals surface area contributed by atoms with Gasteiger partial charge in [-0.1, -0.05) is 0 Å². The largest absolute Gasteiger partial charge is 0.496 e. The molecule has 1 aliphatic heterocycles. The van der Waals surface area contributed by atoms with E-state index in [1.807, 2.05) is 31.2 Å². The molecule has 1 aliphatic rings. The Labute approximate surface area is 179 Å². The molecule has 2 aromatic carbocycles. The van der Waals surface area contributed by atoms with E-state index in [9.17, 15) is 4.79 Å². The predicted molar refractivity (Wildman–Crippen MR) is 116 cm³/mol. The van der Waals surface area contributed by atoms with E-state index in [1.54, 1.807) is 21.3 Å². The number of halogens is 1. The lowest BCUT2D eigenvalue weighted by atomic mass is 9.99. The van der Waals surface area contributed by atoms with E-state index in [2.05, 4.69) is 32.8 Å². The fraction of sp³-hybridized carbons (Fsp3) is 0.381. The minimum Gasteiger partial charge on any atom is -0.496 e. The van der Waals surface area contributed by atoms with Crippen LogP contribution in [0, 0.1) is 10.5 Å². The number of benzene rings is 2. The van der Waals surface area contributed by atoms with Crippen LogP contribution >= 0.6 is 22.6 Å². The highest BCUT2D eigenvalue weighted by atomic mass is 127. The van der Waals surface area contributed by atoms with Crippen LogP contribution in [0.4, 0.5) is 0 Å². The molecule has 0 radical (unpaired) electrons. The molecular weight excluding hydrogens is 471 g/mol. The van der Waals surface area contributed by atoms with Crippen LogP contribution in [0.1, 0.15) is 27.0 Å². The van der Waals surface area contributed by atoms with Crippen LogP contribution in [0.3, 0.4) is 0 Å². The van der Waals surface area contributed by atoms with Crippen LogP contribution in [-0.4, -0.2) is 45.3 Å². The van der Waals surface area contributed by atoms with Gasteiger partial charge in [-0.2, -0.15) is 0 Å². The number of ether oxygens (including phenoxy) is 3. The topological polar surface area (TPSA) is 60.0 Å². The van der Waals surface area contributed by atoms with Gasteiger partial charge in [0, 0.05) is 16.7 Å². The molecule has 28 heavy (non-hydrogen) atoms. The lowest BCUT2D eigenvalue weighted by Crippen LogP contribution is -2.40. The smallest absolute Gasteiger partial charge is 0.256 e. The minimum atomic E-state index is -0.128. The molecule has 0 saturated carbocycles. The monoisotopic (exact) mass is 496 g/mol. The zero-order valence-electron chi connectivity index (χ0n) is 16.6. The predicted octanol–water partition coefficient (Wildman–Crippen LogP) is 3.37. The Balaban J connectivity index is 1.69. The molecule has 6 nitrogen and oxygen atoms in total. The number of amides is 1. The average Bonchev–Trinajstić information content (AvgIpc) is 2.70. The summed E-state index contributed by atoms with van der Waals surface area (Å²) in [6.07, 6.45) is 0.900. The number of carbonyl (C=O) groups is 1. The number of nitrogens with one attached hydrogen (secondary N) is 1. The van der Waals surface area contributed by atoms with Gasteiger partial charge in [-0.05, 0) is 76.9 Å². The number of hydrogen-bond acceptors (Lipinski definition) is 5. The van der Waals surface area contributed by atoms with E-state index in [1.165, 1.54) is 11.1 Å². The molecule has 0 spiro atoms. The molecule has 0 bridgehead atoms. The Morgan fingerprint density at radius 3 is 2.39 bits per heavy atom. The van der Waals surface area contributed by atoms with Crippen molar-refractivity contribution in [2.24, 2.45) is 0 Å². The zero-order valence-corrected chi connectivity index (χ0v) is 18.8. The van der Waals surface area contributed by atoms with E-state index < -0.39 is 0 Å². The fourth-order valence-electron chi connectivity index (χ4n) is 3.52. The number of rotatable bonds is 6. The van der Waals surface area contributed by atoms with E-state index in [-0.39, 0.29) is 5.91 Å². The molecule has 0 aliphatic carbocycles. The first-order chi connectivity index (χ1) is 13.5. The van der Waals surface area contributed by atoms with Crippen molar-refractivity contribution in [3.8, 4) is 17.2 Å². The van der Waals surface area contributed by atoms with Gasteiger partial charge < -0.3 is 19.5 Å². The van der Waals surface area contributed by atoms with Crippen molar-refractivity contribution in [3.63, 3.8) is 0 Å². The van der Waals surface area contributed by atoms with Crippen molar-refractivity contribution in [1.82, 2.24) is 10.2 Å². The summed E-state index contributed by atoms with van der Waals surface area (Å²) in [5.41, 5.74) is 3.97. The summed E-state index contributed by atoms with van der Waals surface area (Å²) in [4.78, 5) is 15.0. The summed E-state index contributed by atoms with van der Waals surface area (Å²) in [7, 11) is 4.88. The van der Waals surface area contributed by atoms with Gasteiger partial charge in [0.1, 0.15) is 5.75 Å². The molecule has 0 atom stereocenters. The third-order valence-electron chi connectivity index (χ3n) is 4.95. The Bertz CT molecular complexity index is 885. The number of aryl methyl sites for hydroxylation is 1. The Morgan fingerprint density at radius 1 is 1.07 bits per heavy atom. The van der Waals surface area contributed by atoms with Crippen molar-refractivity contribution in [3.05, 3.63) is 50.1 Å². The van der Waals surface area contributed by atoms with Gasteiger partial charge in [0.25, 0.3) is 5.91 Å². The molecule has 0 unspecified atom stereocenters. The van der Waals surface area contributed by atoms with Crippen molar-refractivity contribution in [2.75, 3.05) is 34.5 Å². The average molecular weight is 496 g/mol. The van der Waals surface area contributed by atoms with Gasteiger partial charge in [0.05, 0.1) is 33.6 Å². The van der Waals surface area contributed by atoms with Gasteiger partial charge in [0.15, 0.2) is 11.5 Å². The van der Waals surface area contributed by atoms with Gasteiger partial charge in [0.2, 0.25) is 0 Å². The second kappa shape index (κ2) is 9.00. The van der Waals surface area contributed by atoms with Gasteiger partial charge in [-0.3, -0.25) is 9.69 Å². The number of carbonyl (C=O) groups excluding carboxylic acids is 1. The van der Waals surface area contributed by atoms with Crippen molar-refractivity contribution in [2.45, 2.75) is 19.9 Å². The highest BCUT2D eigenvalue weighted by Gasteiger charge is 2.21. The Kier molecular flexibility index (Phi) is 6.66. The SMILES string of the molecule is COc1cc2c(cc1OC)CN(CNC(=O)c1cc(I)cc(C)c1OC)CC2. The van der Waals surface area contributed by atoms with Gasteiger partial charge in [-0.15, -0.1) is 0 Å². The number of hydrogen-bond donors (Lipinski definition) is 1. The van der Waals surface area contributed by atoms with Crippen LogP contribution in [-0.2, 0) is 13.0 Å². The second-order valence-corrected chi connectivity index (χ2v) is 7.99. The van der Waals surface area contributed by atoms with E-state index in [0.717, 1.165) is 40.1 Å². The standard InChI is InChI=1S/C21H25IN2O4/c1-13-7-16(22)10-17(20(13)28-4)21(25)23-12-24-6-5-14-8-18(26-2)19(27-3)9-15(14)11-24/h7-10H,5-6,11-12H2,1-4H3,(H,23,25). The van der Waals surface area contributed by atoms with Gasteiger partial charge >= 0.3 is 0 Å². The van der Waals surface area contributed by atoms with E-state index in [4.69, 9.17) is 14.2 Å². The summed E-state index contributed by atoms with van der Waals surface area (Å²) in [6.45, 7) is 4.03. The van der Waals surface area contributed by atoms with E-state index in [0.29, 0.717) is 18.0 Å². The lowest BCUT2D eigenvalue weighted by molar-refractivity contribution is 0.0914. The quantitative estimate of drug-likeness (QED) is 0.622. The van der Waals surface area contributed by atoms with Crippen LogP contribution in [0.15, 0.2) is 24.3 Å². The Hall–Kier alpha value is -2.00. The Morgan fingerprint density at radius 2 is 1.75 bits per heavy atom. The molecule has 3 rings (SSSR count). The first kappa shape index (κ1) is 20.7. The first-order valence-corrected chi connectivity index (χ1v) is 10.1. The summed E-state index contributed by atoms with van der Waals surface area (Å²) in [5, 5.41) is 3.03. The van der Waals surface area contributed by atoms with Crippen molar-refractivity contribution in [1.29, 1.82) is 0 Å². The normalized spacial score (nSPS) is 13.6. The number of fused-ring (bicyclic) bond motifs is 1. The third-order valence-corrected chi connectivity index (χ3v) is 5.57. The lowest BCUT2D eigenvalue weighted by Gasteiger charge is -2.29. The number of nitrogens with zero attached hydrogens (tertiary/aromatic N) is 1. The molecule has 0 aromatic heterocycles. The summed E-state index contributed by atoms with van der Waals surface area (Å²) in [6, 6.07) is 7.92. The first-order valence-electron chi connectivity index (χ1n) is 9.05. The van der Waals surface area contributed by atoms with Gasteiger partial charge in [-0.25, -0.2) is 0 Å². The molecule has 150 valence electrons. The van der Waals surface area contributed by atoms with Crippen molar-refractivity contribution < 1.29 is 19.0 Å². The minimum absolute atomic E-state index is 0.128. The van der Waals surface area contributed by atoms with E-state index >= 15 is 0 Å². The second-order valence-electron chi connectivity index (χ2n) is 6.75. The molecule has 0 fully saturated rings. The van der Waals surface area contributed by atoms with Crippen LogP contribution in [0.2, 0.25) is 0 Å². The summed E-state index contributed by atoms with van der Waals surface area (Å²) < 4.78 is 17.2. The molecule has 1 heterocycles. The maximum Gasteiger partial charge on any atom is 0.256 e. The van der Waals surface area contributed by atoms with Crippen LogP contribution in [0.5, 0.6) is 17.2 Å². The fourth-order valence-corrected chi connectivity index (χ4v) is 4.30. The highest BCUT2D eigenvalue weighted by molar-refractivity contribution is 14.1. The molecule has 1 N–H and O–H groups in total. The zero-order chi connectivity index (χ0) is 20.3. The van der Waals surface area contributed by atoms with Crippen LogP contribution in [0.25, 0.3) is 0 Å². The molecular formula is C21H25IN2O4.